The van der Waals surface area contributed by atoms with E-state index in [1.54, 1.807) is 11.3 Å². The highest BCUT2D eigenvalue weighted by Crippen LogP contribution is 2.24. The first-order valence-corrected chi connectivity index (χ1v) is 6.84. The molecular weight excluding hydrogens is 284 g/mol. The summed E-state index contributed by atoms with van der Waals surface area (Å²) in [6.07, 6.45) is 1.95. The van der Waals surface area contributed by atoms with Crippen molar-refractivity contribution in [3.63, 3.8) is 0 Å². The lowest BCUT2D eigenvalue weighted by atomic mass is 10.2. The number of aromatic amines is 1. The normalized spacial score (nSPS) is 18.0. The Kier molecular flexibility index (Phi) is 4.57. The molecule has 0 saturated carbocycles. The molecule has 0 bridgehead atoms. The number of hydrogen-bond donors (Lipinski definition) is 3. The third-order valence-electron chi connectivity index (χ3n) is 2.99. The minimum Gasteiger partial charge on any atom is -0.308 e. The number of rotatable bonds is 3. The highest BCUT2D eigenvalue weighted by atomic mass is 35.5. The van der Waals surface area contributed by atoms with Gasteiger partial charge in [0, 0.05) is 6.07 Å². The Morgan fingerprint density at radius 1 is 1.53 bits per heavy atom. The molecule has 0 aliphatic carbocycles. The zero-order valence-electron chi connectivity index (χ0n) is 10.2. The van der Waals surface area contributed by atoms with Crippen LogP contribution < -0.4 is 10.6 Å². The van der Waals surface area contributed by atoms with Crippen molar-refractivity contribution >= 4 is 35.5 Å². The van der Waals surface area contributed by atoms with Gasteiger partial charge in [0.25, 0.3) is 0 Å². The first-order chi connectivity index (χ1) is 8.83. The van der Waals surface area contributed by atoms with Gasteiger partial charge in [0.15, 0.2) is 5.82 Å². The van der Waals surface area contributed by atoms with Gasteiger partial charge in [-0.25, -0.2) is 0 Å². The molecule has 102 valence electrons. The highest BCUT2D eigenvalue weighted by molar-refractivity contribution is 7.13. The SMILES string of the molecule is Cl.O=C(Nc1cc(-c2cccs2)[nH]n1)C1CCCN1. The lowest BCUT2D eigenvalue weighted by molar-refractivity contribution is -0.117. The van der Waals surface area contributed by atoms with E-state index in [4.69, 9.17) is 0 Å². The molecule has 2 aromatic heterocycles. The number of carbonyl (C=O) groups excluding carboxylic acids is 1. The summed E-state index contributed by atoms with van der Waals surface area (Å²) >= 11 is 1.64. The van der Waals surface area contributed by atoms with Crippen molar-refractivity contribution in [2.24, 2.45) is 0 Å². The van der Waals surface area contributed by atoms with Gasteiger partial charge in [-0.05, 0) is 30.8 Å². The largest absolute Gasteiger partial charge is 0.308 e. The van der Waals surface area contributed by atoms with Crippen molar-refractivity contribution in [1.29, 1.82) is 0 Å². The lowest BCUT2D eigenvalue weighted by Crippen LogP contribution is -2.35. The molecule has 0 radical (unpaired) electrons. The van der Waals surface area contributed by atoms with E-state index in [0.717, 1.165) is 30.0 Å². The van der Waals surface area contributed by atoms with Gasteiger partial charge in [-0.15, -0.1) is 23.7 Å². The Balaban J connectivity index is 0.00000133. The van der Waals surface area contributed by atoms with Gasteiger partial charge in [-0.3, -0.25) is 9.89 Å². The van der Waals surface area contributed by atoms with Crippen LogP contribution in [0.5, 0.6) is 0 Å². The average molecular weight is 299 g/mol. The zero-order chi connectivity index (χ0) is 12.4. The van der Waals surface area contributed by atoms with Crippen molar-refractivity contribution in [1.82, 2.24) is 15.5 Å². The third-order valence-corrected chi connectivity index (χ3v) is 3.90. The van der Waals surface area contributed by atoms with Gasteiger partial charge in [0.05, 0.1) is 16.6 Å². The molecule has 1 unspecified atom stereocenters. The Bertz CT molecular complexity index is 534. The van der Waals surface area contributed by atoms with E-state index in [1.807, 2.05) is 23.6 Å². The fraction of sp³-hybridized carbons (Fsp3) is 0.333. The maximum atomic E-state index is 11.9. The zero-order valence-corrected chi connectivity index (χ0v) is 11.8. The summed E-state index contributed by atoms with van der Waals surface area (Å²) in [6.45, 7) is 0.916. The van der Waals surface area contributed by atoms with Gasteiger partial charge >= 0.3 is 0 Å². The predicted molar refractivity (Wildman–Crippen MR) is 78.8 cm³/mol. The number of halogens is 1. The number of H-pyrrole nitrogens is 1. The minimum absolute atomic E-state index is 0. The lowest BCUT2D eigenvalue weighted by Gasteiger charge is -2.08. The van der Waals surface area contributed by atoms with Crippen molar-refractivity contribution in [2.75, 3.05) is 11.9 Å². The molecule has 3 rings (SSSR count). The van der Waals surface area contributed by atoms with Crippen molar-refractivity contribution in [2.45, 2.75) is 18.9 Å². The van der Waals surface area contributed by atoms with E-state index in [9.17, 15) is 4.79 Å². The second-order valence-electron chi connectivity index (χ2n) is 4.28. The maximum absolute atomic E-state index is 11.9. The number of hydrogen-bond acceptors (Lipinski definition) is 4. The minimum atomic E-state index is -0.0770. The Hall–Kier alpha value is -1.37. The Morgan fingerprint density at radius 2 is 2.42 bits per heavy atom. The van der Waals surface area contributed by atoms with Crippen LogP contribution in [0.1, 0.15) is 12.8 Å². The van der Waals surface area contributed by atoms with Crippen LogP contribution in [0.15, 0.2) is 23.6 Å². The van der Waals surface area contributed by atoms with E-state index in [0.29, 0.717) is 5.82 Å². The molecule has 1 saturated heterocycles. The first-order valence-electron chi connectivity index (χ1n) is 5.96. The van der Waals surface area contributed by atoms with E-state index in [1.165, 1.54) is 0 Å². The number of amides is 1. The van der Waals surface area contributed by atoms with Crippen molar-refractivity contribution in [3.8, 4) is 10.6 Å². The molecular formula is C12H15ClN4OS. The van der Waals surface area contributed by atoms with Gasteiger partial charge in [-0.2, -0.15) is 5.10 Å². The quantitative estimate of drug-likeness (QED) is 0.814. The molecule has 3 heterocycles. The summed E-state index contributed by atoms with van der Waals surface area (Å²) in [7, 11) is 0. The monoisotopic (exact) mass is 298 g/mol. The molecule has 19 heavy (non-hydrogen) atoms. The van der Waals surface area contributed by atoms with Crippen LogP contribution >= 0.6 is 23.7 Å². The van der Waals surface area contributed by atoms with Crippen molar-refractivity contribution < 1.29 is 4.79 Å². The molecule has 7 heteroatoms. The predicted octanol–water partition coefficient (Wildman–Crippen LogP) is 2.25. The molecule has 1 amide bonds. The summed E-state index contributed by atoms with van der Waals surface area (Å²) < 4.78 is 0. The molecule has 5 nitrogen and oxygen atoms in total. The topological polar surface area (TPSA) is 69.8 Å². The number of nitrogens with one attached hydrogen (secondary N) is 3. The van der Waals surface area contributed by atoms with Crippen LogP contribution in [0.25, 0.3) is 10.6 Å². The van der Waals surface area contributed by atoms with Gasteiger partial charge in [-0.1, -0.05) is 6.07 Å². The van der Waals surface area contributed by atoms with E-state index < -0.39 is 0 Å². The van der Waals surface area contributed by atoms with E-state index >= 15 is 0 Å². The van der Waals surface area contributed by atoms with Crippen LogP contribution in [-0.2, 0) is 4.79 Å². The number of thiophene rings is 1. The van der Waals surface area contributed by atoms with Gasteiger partial charge in [0.2, 0.25) is 5.91 Å². The van der Waals surface area contributed by atoms with Crippen molar-refractivity contribution in [3.05, 3.63) is 23.6 Å². The summed E-state index contributed by atoms with van der Waals surface area (Å²) in [4.78, 5) is 13.0. The van der Waals surface area contributed by atoms with Crippen LogP contribution in [0, 0.1) is 0 Å². The number of aromatic nitrogens is 2. The standard InChI is InChI=1S/C12H14N4OS.ClH/c17-12(8-3-1-5-13-8)14-11-7-9(15-16-11)10-4-2-6-18-10;/h2,4,6-8,13H,1,3,5H2,(H2,14,15,16,17);1H. The highest BCUT2D eigenvalue weighted by Gasteiger charge is 2.22. The second kappa shape index (κ2) is 6.18. The molecule has 1 aliphatic heterocycles. The second-order valence-corrected chi connectivity index (χ2v) is 5.23. The van der Waals surface area contributed by atoms with E-state index in [-0.39, 0.29) is 24.4 Å². The molecule has 1 fully saturated rings. The molecule has 3 N–H and O–H groups in total. The molecule has 0 spiro atoms. The molecule has 1 atom stereocenters. The van der Waals surface area contributed by atoms with Crippen LogP contribution in [0.3, 0.4) is 0 Å². The maximum Gasteiger partial charge on any atom is 0.242 e. The average Bonchev–Trinajstić information content (AvgIpc) is 3.12. The summed E-state index contributed by atoms with van der Waals surface area (Å²) in [5, 5.41) is 15.0. The summed E-state index contributed by atoms with van der Waals surface area (Å²) in [5.41, 5.74) is 0.930. The smallest absolute Gasteiger partial charge is 0.242 e. The Labute approximate surface area is 121 Å². The first kappa shape index (κ1) is 14.0. The fourth-order valence-corrected chi connectivity index (χ4v) is 2.76. The summed E-state index contributed by atoms with van der Waals surface area (Å²) in [5.74, 6) is 0.578. The van der Waals surface area contributed by atoms with Crippen LogP contribution in [0.2, 0.25) is 0 Å². The Morgan fingerprint density at radius 3 is 3.11 bits per heavy atom. The molecule has 0 aromatic carbocycles. The van der Waals surface area contributed by atoms with Gasteiger partial charge < -0.3 is 10.6 Å². The fourth-order valence-electron chi connectivity index (χ4n) is 2.07. The van der Waals surface area contributed by atoms with Gasteiger partial charge in [0.1, 0.15) is 0 Å². The molecule has 1 aliphatic rings. The number of anilines is 1. The van der Waals surface area contributed by atoms with Crippen LogP contribution in [-0.4, -0.2) is 28.7 Å². The number of carbonyl (C=O) groups is 1. The van der Waals surface area contributed by atoms with E-state index in [2.05, 4.69) is 20.8 Å². The molecule has 2 aromatic rings. The van der Waals surface area contributed by atoms with Crippen LogP contribution in [0.4, 0.5) is 5.82 Å². The summed E-state index contributed by atoms with van der Waals surface area (Å²) in [6, 6.07) is 5.79. The number of nitrogens with zero attached hydrogens (tertiary/aromatic N) is 1. The third kappa shape index (κ3) is 3.15.